The molecule has 0 bridgehead atoms. The van der Waals surface area contributed by atoms with Crippen LogP contribution in [0.3, 0.4) is 0 Å². The van der Waals surface area contributed by atoms with Crippen LogP contribution in [0.1, 0.15) is 25.3 Å². The van der Waals surface area contributed by atoms with Crippen LogP contribution in [0.25, 0.3) is 0 Å². The standard InChI is InChI=1S/C16H23NO3.ClH/c1-3-20-15(18)16(8-5-9-17-12-16)11-13-6-4-7-14(10-13)19-2;/h4,6-7,10,17H,3,5,8-9,11-12H2,1-2H3;1H. The first-order chi connectivity index (χ1) is 9.70. The van der Waals surface area contributed by atoms with Crippen LogP contribution in [0.5, 0.6) is 5.75 Å². The van der Waals surface area contributed by atoms with Gasteiger partial charge in [-0.3, -0.25) is 4.79 Å². The Morgan fingerprint density at radius 3 is 2.86 bits per heavy atom. The van der Waals surface area contributed by atoms with Gasteiger partial charge in [0.2, 0.25) is 0 Å². The Balaban J connectivity index is 0.00000220. The van der Waals surface area contributed by atoms with Crippen molar-refractivity contribution in [1.29, 1.82) is 0 Å². The van der Waals surface area contributed by atoms with Crippen LogP contribution in [0.2, 0.25) is 0 Å². The molecular formula is C16H24ClNO3. The highest BCUT2D eigenvalue weighted by atomic mass is 35.5. The monoisotopic (exact) mass is 313 g/mol. The maximum atomic E-state index is 12.4. The molecule has 1 aliphatic heterocycles. The predicted molar refractivity (Wildman–Crippen MR) is 85.1 cm³/mol. The van der Waals surface area contributed by atoms with Crippen LogP contribution in [-0.4, -0.2) is 32.8 Å². The van der Waals surface area contributed by atoms with Crippen LogP contribution in [0.15, 0.2) is 24.3 Å². The van der Waals surface area contributed by atoms with Crippen LogP contribution in [-0.2, 0) is 16.0 Å². The van der Waals surface area contributed by atoms with Crippen LogP contribution >= 0.6 is 12.4 Å². The number of benzene rings is 1. The molecule has 1 aromatic rings. The van der Waals surface area contributed by atoms with Gasteiger partial charge in [-0.2, -0.15) is 0 Å². The Labute approximate surface area is 132 Å². The Bertz CT molecular complexity index is 459. The first-order valence-electron chi connectivity index (χ1n) is 7.21. The van der Waals surface area contributed by atoms with Gasteiger partial charge >= 0.3 is 5.97 Å². The molecule has 118 valence electrons. The second kappa shape index (κ2) is 8.25. The molecule has 1 atom stereocenters. The minimum absolute atomic E-state index is 0. The molecule has 4 nitrogen and oxygen atoms in total. The minimum Gasteiger partial charge on any atom is -0.497 e. The van der Waals surface area contributed by atoms with Gasteiger partial charge in [-0.15, -0.1) is 12.4 Å². The van der Waals surface area contributed by atoms with Gasteiger partial charge in [0, 0.05) is 6.54 Å². The smallest absolute Gasteiger partial charge is 0.313 e. The van der Waals surface area contributed by atoms with Gasteiger partial charge in [-0.1, -0.05) is 12.1 Å². The van der Waals surface area contributed by atoms with Crippen molar-refractivity contribution in [2.24, 2.45) is 5.41 Å². The normalized spacial score (nSPS) is 21.2. The number of rotatable bonds is 5. The molecule has 1 fully saturated rings. The summed E-state index contributed by atoms with van der Waals surface area (Å²) in [5, 5.41) is 3.33. The van der Waals surface area contributed by atoms with Crippen LogP contribution in [0, 0.1) is 5.41 Å². The van der Waals surface area contributed by atoms with Gasteiger partial charge < -0.3 is 14.8 Å². The lowest BCUT2D eigenvalue weighted by atomic mass is 9.75. The summed E-state index contributed by atoms with van der Waals surface area (Å²) in [6, 6.07) is 7.91. The van der Waals surface area contributed by atoms with E-state index in [1.165, 1.54) is 0 Å². The lowest BCUT2D eigenvalue weighted by Crippen LogP contribution is -2.47. The summed E-state index contributed by atoms with van der Waals surface area (Å²) in [4.78, 5) is 12.4. The van der Waals surface area contributed by atoms with Crippen molar-refractivity contribution in [3.63, 3.8) is 0 Å². The molecule has 1 aliphatic rings. The number of hydrogen-bond acceptors (Lipinski definition) is 4. The average molecular weight is 314 g/mol. The number of carbonyl (C=O) groups excluding carboxylic acids is 1. The number of esters is 1. The van der Waals surface area contributed by atoms with E-state index in [1.807, 2.05) is 31.2 Å². The summed E-state index contributed by atoms with van der Waals surface area (Å²) in [5.41, 5.74) is 0.668. The zero-order valence-electron chi connectivity index (χ0n) is 12.7. The molecule has 21 heavy (non-hydrogen) atoms. The summed E-state index contributed by atoms with van der Waals surface area (Å²) < 4.78 is 10.6. The van der Waals surface area contributed by atoms with Gasteiger partial charge in [0.15, 0.2) is 0 Å². The van der Waals surface area contributed by atoms with E-state index in [-0.39, 0.29) is 18.4 Å². The molecule has 0 amide bonds. The molecule has 5 heteroatoms. The van der Waals surface area contributed by atoms with Crippen LogP contribution < -0.4 is 10.1 Å². The fraction of sp³-hybridized carbons (Fsp3) is 0.562. The zero-order chi connectivity index (χ0) is 14.4. The summed E-state index contributed by atoms with van der Waals surface area (Å²) >= 11 is 0. The van der Waals surface area contributed by atoms with E-state index in [0.29, 0.717) is 19.6 Å². The second-order valence-corrected chi connectivity index (χ2v) is 5.31. The van der Waals surface area contributed by atoms with Crippen molar-refractivity contribution in [2.45, 2.75) is 26.2 Å². The molecule has 1 saturated heterocycles. The van der Waals surface area contributed by atoms with Crippen molar-refractivity contribution in [1.82, 2.24) is 5.32 Å². The molecule has 0 aromatic heterocycles. The molecule has 1 heterocycles. The highest BCUT2D eigenvalue weighted by molar-refractivity contribution is 5.85. The Morgan fingerprint density at radius 1 is 1.43 bits per heavy atom. The molecular weight excluding hydrogens is 290 g/mol. The van der Waals surface area contributed by atoms with E-state index in [9.17, 15) is 4.79 Å². The fourth-order valence-corrected chi connectivity index (χ4v) is 2.82. The van der Waals surface area contributed by atoms with E-state index in [4.69, 9.17) is 9.47 Å². The minimum atomic E-state index is -0.444. The molecule has 0 radical (unpaired) electrons. The Morgan fingerprint density at radius 2 is 2.24 bits per heavy atom. The maximum Gasteiger partial charge on any atom is 0.313 e. The summed E-state index contributed by atoms with van der Waals surface area (Å²) in [6.45, 7) is 3.94. The maximum absolute atomic E-state index is 12.4. The molecule has 0 saturated carbocycles. The van der Waals surface area contributed by atoms with Crippen molar-refractivity contribution in [3.8, 4) is 5.75 Å². The lowest BCUT2D eigenvalue weighted by Gasteiger charge is -2.35. The number of ether oxygens (including phenoxy) is 2. The van der Waals surface area contributed by atoms with E-state index in [0.717, 1.165) is 30.7 Å². The van der Waals surface area contributed by atoms with E-state index in [1.54, 1.807) is 7.11 Å². The number of piperidine rings is 1. The van der Waals surface area contributed by atoms with Crippen molar-refractivity contribution >= 4 is 18.4 Å². The highest BCUT2D eigenvalue weighted by Gasteiger charge is 2.41. The molecule has 2 rings (SSSR count). The number of nitrogens with one attached hydrogen (secondary N) is 1. The van der Waals surface area contributed by atoms with E-state index >= 15 is 0 Å². The first kappa shape index (κ1) is 17.8. The summed E-state index contributed by atoms with van der Waals surface area (Å²) in [7, 11) is 1.66. The number of hydrogen-bond donors (Lipinski definition) is 1. The molecule has 0 aliphatic carbocycles. The summed E-state index contributed by atoms with van der Waals surface area (Å²) in [6.07, 6.45) is 2.56. The largest absolute Gasteiger partial charge is 0.497 e. The predicted octanol–water partition coefficient (Wildman–Crippen LogP) is 2.59. The van der Waals surface area contributed by atoms with E-state index in [2.05, 4.69) is 5.32 Å². The SMILES string of the molecule is CCOC(=O)C1(Cc2cccc(OC)c2)CCCNC1.Cl. The molecule has 0 spiro atoms. The van der Waals surface area contributed by atoms with Gasteiger partial charge in [0.25, 0.3) is 0 Å². The molecule has 1 aromatic carbocycles. The fourth-order valence-electron chi connectivity index (χ4n) is 2.82. The van der Waals surface area contributed by atoms with Crippen molar-refractivity contribution in [3.05, 3.63) is 29.8 Å². The number of methoxy groups -OCH3 is 1. The molecule has 1 N–H and O–H groups in total. The van der Waals surface area contributed by atoms with Crippen molar-refractivity contribution < 1.29 is 14.3 Å². The van der Waals surface area contributed by atoms with Crippen molar-refractivity contribution in [2.75, 3.05) is 26.8 Å². The lowest BCUT2D eigenvalue weighted by molar-refractivity contribution is -0.156. The third-order valence-corrected chi connectivity index (χ3v) is 3.86. The third-order valence-electron chi connectivity index (χ3n) is 3.86. The van der Waals surface area contributed by atoms with Gasteiger partial charge in [0.05, 0.1) is 19.1 Å². The summed E-state index contributed by atoms with van der Waals surface area (Å²) in [5.74, 6) is 0.736. The van der Waals surface area contributed by atoms with Gasteiger partial charge in [-0.05, 0) is 50.4 Å². The van der Waals surface area contributed by atoms with E-state index < -0.39 is 5.41 Å². The van der Waals surface area contributed by atoms with Crippen LogP contribution in [0.4, 0.5) is 0 Å². The Kier molecular flexibility index (Phi) is 6.99. The topological polar surface area (TPSA) is 47.6 Å². The average Bonchev–Trinajstić information content (AvgIpc) is 2.48. The second-order valence-electron chi connectivity index (χ2n) is 5.31. The third kappa shape index (κ3) is 4.35. The highest BCUT2D eigenvalue weighted by Crippen LogP contribution is 2.33. The quantitative estimate of drug-likeness (QED) is 0.849. The molecule has 1 unspecified atom stereocenters. The first-order valence-corrected chi connectivity index (χ1v) is 7.21. The number of halogens is 1. The Hall–Kier alpha value is -1.26. The van der Waals surface area contributed by atoms with Gasteiger partial charge in [-0.25, -0.2) is 0 Å². The van der Waals surface area contributed by atoms with Gasteiger partial charge in [0.1, 0.15) is 5.75 Å². The number of carbonyl (C=O) groups is 1. The zero-order valence-corrected chi connectivity index (χ0v) is 13.5.